The minimum atomic E-state index is -0.500. The van der Waals surface area contributed by atoms with Crippen LogP contribution in [0.15, 0.2) is 12.7 Å². The molecular formula is C8H16O3. The lowest BCUT2D eigenvalue weighted by atomic mass is 10.2. The molecule has 0 aliphatic heterocycles. The quantitative estimate of drug-likeness (QED) is 0.462. The Kier molecular flexibility index (Phi) is 6.89. The summed E-state index contributed by atoms with van der Waals surface area (Å²) in [5, 5.41) is 8.52. The molecule has 0 aliphatic carbocycles. The third kappa shape index (κ3) is 46.9. The van der Waals surface area contributed by atoms with Gasteiger partial charge in [-0.15, -0.1) is 0 Å². The van der Waals surface area contributed by atoms with Crippen LogP contribution in [-0.2, 0) is 9.53 Å². The average Bonchev–Trinajstić information content (AvgIpc) is 1.83. The van der Waals surface area contributed by atoms with Gasteiger partial charge in [-0.1, -0.05) is 6.58 Å². The second kappa shape index (κ2) is 5.92. The highest BCUT2D eigenvalue weighted by Gasteiger charge is 1.97. The first-order chi connectivity index (χ1) is 4.81. The van der Waals surface area contributed by atoms with Crippen LogP contribution in [0.25, 0.3) is 0 Å². The molecule has 0 saturated carbocycles. The molecule has 0 aromatic carbocycles. The van der Waals surface area contributed by atoms with E-state index in [1.807, 2.05) is 0 Å². The van der Waals surface area contributed by atoms with E-state index in [2.05, 4.69) is 11.3 Å². The summed E-state index contributed by atoms with van der Waals surface area (Å²) in [5.74, 6) is -0.394. The van der Waals surface area contributed by atoms with Crippen LogP contribution in [0.5, 0.6) is 0 Å². The van der Waals surface area contributed by atoms with Crippen LogP contribution >= 0.6 is 0 Å². The minimum Gasteiger partial charge on any atom is -0.466 e. The molecule has 0 bridgehead atoms. The smallest absolute Gasteiger partial charge is 0.329 e. The van der Waals surface area contributed by atoms with Crippen LogP contribution in [0.3, 0.4) is 0 Å². The molecule has 0 aromatic rings. The lowest BCUT2D eigenvalue weighted by Crippen LogP contribution is -2.10. The van der Waals surface area contributed by atoms with Crippen molar-refractivity contribution >= 4 is 5.97 Å². The number of carbonyl (C=O) groups excluding carboxylic acids is 1. The predicted octanol–water partition coefficient (Wildman–Crippen LogP) is 1.12. The number of methoxy groups -OCH3 is 1. The van der Waals surface area contributed by atoms with E-state index in [-0.39, 0.29) is 0 Å². The predicted molar refractivity (Wildman–Crippen MR) is 44.2 cm³/mol. The molecular weight excluding hydrogens is 144 g/mol. The molecule has 0 aliphatic rings. The standard InChI is InChI=1S/C4H6O2.C4H10O/c1-3-4(5)6-2;1-4(2,3)5/h3H,1H2,2H3;5H,1-3H3. The Hall–Kier alpha value is -0.830. The van der Waals surface area contributed by atoms with Crippen molar-refractivity contribution in [3.63, 3.8) is 0 Å². The molecule has 0 radical (unpaired) electrons. The van der Waals surface area contributed by atoms with Gasteiger partial charge in [-0.05, 0) is 20.8 Å². The third-order valence-electron chi connectivity index (χ3n) is 0.368. The number of rotatable bonds is 1. The normalized spacial score (nSPS) is 9.18. The molecule has 66 valence electrons. The van der Waals surface area contributed by atoms with Crippen LogP contribution in [0.1, 0.15) is 20.8 Å². The minimum absolute atomic E-state index is 0.394. The van der Waals surface area contributed by atoms with Crippen LogP contribution in [-0.4, -0.2) is 23.8 Å². The highest BCUT2D eigenvalue weighted by molar-refractivity contribution is 5.80. The number of esters is 1. The van der Waals surface area contributed by atoms with E-state index in [4.69, 9.17) is 5.11 Å². The topological polar surface area (TPSA) is 46.5 Å². The van der Waals surface area contributed by atoms with Crippen molar-refractivity contribution in [1.29, 1.82) is 0 Å². The van der Waals surface area contributed by atoms with Crippen LogP contribution in [0.4, 0.5) is 0 Å². The molecule has 11 heavy (non-hydrogen) atoms. The van der Waals surface area contributed by atoms with Crippen molar-refractivity contribution in [2.75, 3.05) is 7.11 Å². The van der Waals surface area contributed by atoms with E-state index < -0.39 is 11.6 Å². The molecule has 0 saturated heterocycles. The molecule has 0 fully saturated rings. The van der Waals surface area contributed by atoms with E-state index in [9.17, 15) is 4.79 Å². The zero-order valence-electron chi connectivity index (χ0n) is 7.55. The summed E-state index contributed by atoms with van der Waals surface area (Å²) in [6.45, 7) is 8.39. The highest BCUT2D eigenvalue weighted by atomic mass is 16.5. The largest absolute Gasteiger partial charge is 0.466 e. The second-order valence-corrected chi connectivity index (χ2v) is 2.90. The van der Waals surface area contributed by atoms with E-state index in [1.54, 1.807) is 20.8 Å². The average molecular weight is 160 g/mol. The fourth-order valence-corrected chi connectivity index (χ4v) is 0.0833. The summed E-state index contributed by atoms with van der Waals surface area (Å²) in [5.41, 5.74) is -0.500. The summed E-state index contributed by atoms with van der Waals surface area (Å²) < 4.78 is 4.14. The van der Waals surface area contributed by atoms with E-state index in [1.165, 1.54) is 7.11 Å². The van der Waals surface area contributed by atoms with Crippen molar-refractivity contribution in [2.24, 2.45) is 0 Å². The van der Waals surface area contributed by atoms with Crippen LogP contribution in [0.2, 0.25) is 0 Å². The SMILES string of the molecule is C=CC(=O)OC.CC(C)(C)O. The van der Waals surface area contributed by atoms with E-state index >= 15 is 0 Å². The van der Waals surface area contributed by atoms with Gasteiger partial charge in [-0.3, -0.25) is 0 Å². The molecule has 0 unspecified atom stereocenters. The molecule has 0 spiro atoms. The van der Waals surface area contributed by atoms with Gasteiger partial charge >= 0.3 is 5.97 Å². The molecule has 0 rings (SSSR count). The molecule has 1 N–H and O–H groups in total. The molecule has 3 nitrogen and oxygen atoms in total. The van der Waals surface area contributed by atoms with Gasteiger partial charge in [-0.2, -0.15) is 0 Å². The van der Waals surface area contributed by atoms with Crippen molar-refractivity contribution in [1.82, 2.24) is 0 Å². The first-order valence-corrected chi connectivity index (χ1v) is 3.24. The van der Waals surface area contributed by atoms with Gasteiger partial charge in [0.05, 0.1) is 12.7 Å². The summed E-state index contributed by atoms with van der Waals surface area (Å²) in [4.78, 5) is 9.84. The Labute approximate surface area is 67.7 Å². The van der Waals surface area contributed by atoms with Gasteiger partial charge in [0.1, 0.15) is 0 Å². The first kappa shape index (κ1) is 12.8. The van der Waals surface area contributed by atoms with Gasteiger partial charge in [0.25, 0.3) is 0 Å². The van der Waals surface area contributed by atoms with Crippen molar-refractivity contribution in [2.45, 2.75) is 26.4 Å². The zero-order valence-corrected chi connectivity index (χ0v) is 7.55. The van der Waals surface area contributed by atoms with Crippen LogP contribution in [0, 0.1) is 0 Å². The fraction of sp³-hybridized carbons (Fsp3) is 0.625. The maximum Gasteiger partial charge on any atom is 0.329 e. The Morgan fingerprint density at radius 2 is 1.82 bits per heavy atom. The first-order valence-electron chi connectivity index (χ1n) is 3.24. The number of hydrogen-bond donors (Lipinski definition) is 1. The number of ether oxygens (including phenoxy) is 1. The van der Waals surface area contributed by atoms with Crippen molar-refractivity contribution in [3.05, 3.63) is 12.7 Å². The summed E-state index contributed by atoms with van der Waals surface area (Å²) in [6.07, 6.45) is 1.11. The fourth-order valence-electron chi connectivity index (χ4n) is 0.0833. The zero-order chi connectivity index (χ0) is 9.49. The number of hydrogen-bond acceptors (Lipinski definition) is 3. The summed E-state index contributed by atoms with van der Waals surface area (Å²) in [7, 11) is 1.31. The third-order valence-corrected chi connectivity index (χ3v) is 0.368. The molecule has 0 aromatic heterocycles. The summed E-state index contributed by atoms with van der Waals surface area (Å²) in [6, 6.07) is 0. The maximum absolute atomic E-state index is 9.84. The Balaban J connectivity index is 0. The van der Waals surface area contributed by atoms with Gasteiger partial charge in [-0.25, -0.2) is 4.79 Å². The lowest BCUT2D eigenvalue weighted by molar-refractivity contribution is -0.134. The van der Waals surface area contributed by atoms with Gasteiger partial charge in [0.15, 0.2) is 0 Å². The molecule has 0 atom stereocenters. The lowest BCUT2D eigenvalue weighted by Gasteiger charge is -2.04. The number of carbonyl (C=O) groups is 1. The Morgan fingerprint density at radius 3 is 1.82 bits per heavy atom. The van der Waals surface area contributed by atoms with Gasteiger partial charge in [0.2, 0.25) is 0 Å². The second-order valence-electron chi connectivity index (χ2n) is 2.90. The molecule has 0 heterocycles. The monoisotopic (exact) mass is 160 g/mol. The highest BCUT2D eigenvalue weighted by Crippen LogP contribution is 1.93. The van der Waals surface area contributed by atoms with Crippen molar-refractivity contribution in [3.8, 4) is 0 Å². The maximum atomic E-state index is 9.84. The number of aliphatic hydroxyl groups is 1. The van der Waals surface area contributed by atoms with E-state index in [0.717, 1.165) is 6.08 Å². The molecule has 3 heteroatoms. The Bertz CT molecular complexity index is 116. The summed E-state index contributed by atoms with van der Waals surface area (Å²) >= 11 is 0. The van der Waals surface area contributed by atoms with E-state index in [0.29, 0.717) is 0 Å². The van der Waals surface area contributed by atoms with Gasteiger partial charge in [0, 0.05) is 6.08 Å². The van der Waals surface area contributed by atoms with Crippen LogP contribution < -0.4 is 0 Å². The van der Waals surface area contributed by atoms with Crippen molar-refractivity contribution < 1.29 is 14.6 Å². The molecule has 0 amide bonds. The van der Waals surface area contributed by atoms with Gasteiger partial charge < -0.3 is 9.84 Å². The Morgan fingerprint density at radius 1 is 1.55 bits per heavy atom.